The van der Waals surface area contributed by atoms with E-state index in [9.17, 15) is 4.39 Å². The molecule has 1 aromatic rings. The molecule has 0 atom stereocenters. The smallest absolute Gasteiger partial charge is 0.127 e. The number of thioether (sulfide) groups is 1. The van der Waals surface area contributed by atoms with Crippen LogP contribution in [0.4, 0.5) is 4.39 Å². The molecular weight excluding hydrogens is 249 g/mol. The molecule has 0 radical (unpaired) electrons. The molecule has 4 heteroatoms. The van der Waals surface area contributed by atoms with E-state index in [0.29, 0.717) is 18.4 Å². The van der Waals surface area contributed by atoms with E-state index >= 15 is 0 Å². The number of rotatable bonds is 8. The first-order chi connectivity index (χ1) is 8.78. The molecule has 1 aromatic carbocycles. The molecule has 0 saturated heterocycles. The Hall–Kier alpha value is -0.740. The molecule has 0 aliphatic heterocycles. The monoisotopic (exact) mass is 269 g/mol. The molecule has 0 heterocycles. The first-order valence-corrected chi connectivity index (χ1v) is 7.82. The second-order valence-electron chi connectivity index (χ2n) is 4.65. The lowest BCUT2D eigenvalue weighted by atomic mass is 10.2. The number of nitrogens with one attached hydrogen (secondary N) is 1. The summed E-state index contributed by atoms with van der Waals surface area (Å²) >= 11 is 1.80. The fourth-order valence-corrected chi connectivity index (χ4v) is 2.16. The van der Waals surface area contributed by atoms with Gasteiger partial charge in [0.15, 0.2) is 0 Å². The minimum Gasteiger partial charge on any atom is -0.493 e. The molecular formula is C14H20FNOS. The van der Waals surface area contributed by atoms with Gasteiger partial charge < -0.3 is 10.1 Å². The van der Waals surface area contributed by atoms with Crippen LogP contribution in [0.5, 0.6) is 5.75 Å². The van der Waals surface area contributed by atoms with Gasteiger partial charge in [-0.25, -0.2) is 4.39 Å². The van der Waals surface area contributed by atoms with Gasteiger partial charge in [0.2, 0.25) is 0 Å². The van der Waals surface area contributed by atoms with Crippen molar-refractivity contribution in [3.8, 4) is 5.75 Å². The number of ether oxygens (including phenoxy) is 1. The van der Waals surface area contributed by atoms with Crippen molar-refractivity contribution in [1.29, 1.82) is 0 Å². The second-order valence-corrected chi connectivity index (χ2v) is 5.63. The summed E-state index contributed by atoms with van der Waals surface area (Å²) in [6.07, 6.45) is 5.55. The summed E-state index contributed by atoms with van der Waals surface area (Å²) < 4.78 is 19.0. The van der Waals surface area contributed by atoms with Crippen LogP contribution in [-0.4, -0.2) is 24.7 Å². The van der Waals surface area contributed by atoms with E-state index in [1.165, 1.54) is 18.9 Å². The van der Waals surface area contributed by atoms with Crippen LogP contribution in [0, 0.1) is 5.82 Å². The van der Waals surface area contributed by atoms with Gasteiger partial charge in [0, 0.05) is 18.7 Å². The zero-order chi connectivity index (χ0) is 12.8. The van der Waals surface area contributed by atoms with Gasteiger partial charge >= 0.3 is 0 Å². The third-order valence-corrected chi connectivity index (χ3v) is 3.56. The molecule has 1 N–H and O–H groups in total. The predicted molar refractivity (Wildman–Crippen MR) is 74.8 cm³/mol. The zero-order valence-corrected chi connectivity index (χ0v) is 11.6. The molecule has 0 unspecified atom stereocenters. The summed E-state index contributed by atoms with van der Waals surface area (Å²) in [7, 11) is 0. The average Bonchev–Trinajstić information content (AvgIpc) is 3.16. The van der Waals surface area contributed by atoms with E-state index in [0.717, 1.165) is 24.3 Å². The van der Waals surface area contributed by atoms with Gasteiger partial charge in [-0.05, 0) is 49.0 Å². The quantitative estimate of drug-likeness (QED) is 0.732. The van der Waals surface area contributed by atoms with Gasteiger partial charge in [0.1, 0.15) is 11.6 Å². The lowest BCUT2D eigenvalue weighted by Gasteiger charge is -2.09. The Morgan fingerprint density at radius 1 is 1.39 bits per heavy atom. The largest absolute Gasteiger partial charge is 0.493 e. The second kappa shape index (κ2) is 7.00. The highest BCUT2D eigenvalue weighted by atomic mass is 32.2. The van der Waals surface area contributed by atoms with Crippen molar-refractivity contribution < 1.29 is 9.13 Å². The molecule has 0 aromatic heterocycles. The third-order valence-electron chi connectivity index (χ3n) is 2.86. The molecule has 1 aliphatic rings. The van der Waals surface area contributed by atoms with Gasteiger partial charge in [0.25, 0.3) is 0 Å². The first-order valence-electron chi connectivity index (χ1n) is 6.42. The maximum Gasteiger partial charge on any atom is 0.127 e. The maximum atomic E-state index is 13.4. The van der Waals surface area contributed by atoms with Crippen LogP contribution in [0.1, 0.15) is 24.8 Å². The fraction of sp³-hybridized carbons (Fsp3) is 0.571. The van der Waals surface area contributed by atoms with Gasteiger partial charge in [-0.2, -0.15) is 11.8 Å². The van der Waals surface area contributed by atoms with Crippen LogP contribution < -0.4 is 10.1 Å². The first kappa shape index (κ1) is 13.7. The Labute approximate surface area is 112 Å². The maximum absolute atomic E-state index is 13.4. The van der Waals surface area contributed by atoms with Crippen molar-refractivity contribution in [3.63, 3.8) is 0 Å². The summed E-state index contributed by atoms with van der Waals surface area (Å²) in [5.41, 5.74) is 0.960. The highest BCUT2D eigenvalue weighted by Crippen LogP contribution is 2.21. The summed E-state index contributed by atoms with van der Waals surface area (Å²) in [5.74, 6) is 1.50. The van der Waals surface area contributed by atoms with E-state index in [4.69, 9.17) is 4.74 Å². The molecule has 1 saturated carbocycles. The van der Waals surface area contributed by atoms with Crippen molar-refractivity contribution in [2.24, 2.45) is 0 Å². The summed E-state index contributed by atoms with van der Waals surface area (Å²) in [4.78, 5) is 0. The molecule has 0 spiro atoms. The number of hydrogen-bond acceptors (Lipinski definition) is 3. The van der Waals surface area contributed by atoms with E-state index in [1.54, 1.807) is 17.8 Å². The molecule has 1 aliphatic carbocycles. The molecule has 2 nitrogen and oxygen atoms in total. The van der Waals surface area contributed by atoms with E-state index in [1.807, 2.05) is 6.07 Å². The molecule has 0 bridgehead atoms. The Bertz CT molecular complexity index is 382. The number of hydrogen-bond donors (Lipinski definition) is 1. The Morgan fingerprint density at radius 3 is 2.94 bits per heavy atom. The molecule has 2 rings (SSSR count). The lowest BCUT2D eigenvalue weighted by molar-refractivity contribution is 0.316. The summed E-state index contributed by atoms with van der Waals surface area (Å²) in [6.45, 7) is 1.38. The minimum atomic E-state index is -0.218. The van der Waals surface area contributed by atoms with Gasteiger partial charge in [-0.15, -0.1) is 0 Å². The van der Waals surface area contributed by atoms with Crippen molar-refractivity contribution in [2.45, 2.75) is 31.8 Å². The Kier molecular flexibility index (Phi) is 5.32. The van der Waals surface area contributed by atoms with E-state index in [-0.39, 0.29) is 5.82 Å². The number of halogens is 1. The Balaban J connectivity index is 1.84. The highest BCUT2D eigenvalue weighted by molar-refractivity contribution is 7.98. The molecule has 0 amide bonds. The van der Waals surface area contributed by atoms with E-state index < -0.39 is 0 Å². The predicted octanol–water partition coefficient (Wildman–Crippen LogP) is 3.21. The van der Waals surface area contributed by atoms with Crippen LogP contribution in [0.15, 0.2) is 18.2 Å². The van der Waals surface area contributed by atoms with Crippen molar-refractivity contribution >= 4 is 11.8 Å². The van der Waals surface area contributed by atoms with Crippen molar-refractivity contribution in [1.82, 2.24) is 5.32 Å². The van der Waals surface area contributed by atoms with Crippen molar-refractivity contribution in [3.05, 3.63) is 29.6 Å². The fourth-order valence-electron chi connectivity index (χ4n) is 1.75. The van der Waals surface area contributed by atoms with Crippen LogP contribution in [0.3, 0.4) is 0 Å². The summed E-state index contributed by atoms with van der Waals surface area (Å²) in [5, 5.41) is 3.38. The van der Waals surface area contributed by atoms with Gasteiger partial charge in [-0.3, -0.25) is 0 Å². The minimum absolute atomic E-state index is 0.218. The summed E-state index contributed by atoms with van der Waals surface area (Å²) in [6, 6.07) is 5.60. The van der Waals surface area contributed by atoms with Gasteiger partial charge in [-0.1, -0.05) is 0 Å². The number of benzene rings is 1. The average molecular weight is 269 g/mol. The lowest BCUT2D eigenvalue weighted by Crippen LogP contribution is -2.15. The van der Waals surface area contributed by atoms with Crippen LogP contribution >= 0.6 is 11.8 Å². The topological polar surface area (TPSA) is 21.3 Å². The molecule has 1 fully saturated rings. The highest BCUT2D eigenvalue weighted by Gasteiger charge is 2.20. The van der Waals surface area contributed by atoms with E-state index in [2.05, 4.69) is 11.6 Å². The molecule has 18 heavy (non-hydrogen) atoms. The SMILES string of the molecule is CSCCCOc1cc(F)cc(CNC2CC2)c1. The standard InChI is InChI=1S/C14H20FNOS/c1-18-6-2-5-17-14-8-11(7-12(15)9-14)10-16-13-3-4-13/h7-9,13,16H,2-6,10H2,1H3. The molecule has 100 valence electrons. The third kappa shape index (κ3) is 4.86. The normalized spacial score (nSPS) is 14.8. The van der Waals surface area contributed by atoms with Crippen LogP contribution in [0.25, 0.3) is 0 Å². The zero-order valence-electron chi connectivity index (χ0n) is 10.7. The van der Waals surface area contributed by atoms with Gasteiger partial charge in [0.05, 0.1) is 6.61 Å². The van der Waals surface area contributed by atoms with Crippen LogP contribution in [-0.2, 0) is 6.54 Å². The van der Waals surface area contributed by atoms with Crippen LogP contribution in [0.2, 0.25) is 0 Å². The van der Waals surface area contributed by atoms with Crippen molar-refractivity contribution in [2.75, 3.05) is 18.6 Å². The Morgan fingerprint density at radius 2 is 2.22 bits per heavy atom.